The molecule has 0 amide bonds. The van der Waals surface area contributed by atoms with E-state index < -0.39 is 0 Å². The minimum Gasteiger partial charge on any atom is -0.100 e. The molecule has 0 fully saturated rings. The van der Waals surface area contributed by atoms with Crippen LogP contribution in [0.2, 0.25) is 0 Å². The molecule has 76 valence electrons. The lowest BCUT2D eigenvalue weighted by Gasteiger charge is -2.14. The Labute approximate surface area is 83.7 Å². The van der Waals surface area contributed by atoms with E-state index in [0.717, 1.165) is 5.92 Å². The smallest absolute Gasteiger partial charge is 0.0323 e. The summed E-state index contributed by atoms with van der Waals surface area (Å²) in [5.41, 5.74) is 2.63. The van der Waals surface area contributed by atoms with Gasteiger partial charge in [-0.3, -0.25) is 0 Å². The second-order valence-electron chi connectivity index (χ2n) is 4.27. The van der Waals surface area contributed by atoms with Crippen LogP contribution in [0.1, 0.15) is 52.9 Å². The van der Waals surface area contributed by atoms with Crippen molar-refractivity contribution in [2.24, 2.45) is 5.92 Å². The Kier molecular flexibility index (Phi) is 6.66. The van der Waals surface area contributed by atoms with Gasteiger partial charge >= 0.3 is 0 Å². The third-order valence-electron chi connectivity index (χ3n) is 2.54. The van der Waals surface area contributed by atoms with Crippen LogP contribution >= 0.6 is 0 Å². The molecule has 0 heterocycles. The van der Waals surface area contributed by atoms with Gasteiger partial charge in [0, 0.05) is 0 Å². The highest BCUT2D eigenvalue weighted by atomic mass is 14.1. The molecular weight excluding hydrogens is 156 g/mol. The van der Waals surface area contributed by atoms with E-state index in [4.69, 9.17) is 0 Å². The lowest BCUT2D eigenvalue weighted by Crippen LogP contribution is -1.99. The summed E-state index contributed by atoms with van der Waals surface area (Å²) in [5, 5.41) is 0. The highest BCUT2D eigenvalue weighted by Crippen LogP contribution is 2.21. The molecule has 0 bridgehead atoms. The Morgan fingerprint density at radius 1 is 1.00 bits per heavy atom. The maximum Gasteiger partial charge on any atom is -0.0323 e. The Morgan fingerprint density at radius 2 is 1.38 bits per heavy atom. The van der Waals surface area contributed by atoms with E-state index >= 15 is 0 Å². The molecule has 0 saturated heterocycles. The van der Waals surface area contributed by atoms with Crippen molar-refractivity contribution < 1.29 is 0 Å². The van der Waals surface area contributed by atoms with Crippen molar-refractivity contribution in [3.63, 3.8) is 0 Å². The first-order valence-corrected chi connectivity index (χ1v) is 5.35. The first-order chi connectivity index (χ1) is 6.06. The van der Waals surface area contributed by atoms with Crippen molar-refractivity contribution in [3.8, 4) is 0 Å². The van der Waals surface area contributed by atoms with Gasteiger partial charge in [0.1, 0.15) is 0 Å². The van der Waals surface area contributed by atoms with Gasteiger partial charge in [-0.2, -0.15) is 0 Å². The standard InChI is InChI=1S/C13H24/c1-6-13(9-7-11(2)3)10-8-12(4)5/h13H,2,4,6-10H2,1,3,5H3. The summed E-state index contributed by atoms with van der Waals surface area (Å²) in [4.78, 5) is 0. The fraction of sp³-hybridized carbons (Fsp3) is 0.692. The Morgan fingerprint density at radius 3 is 1.62 bits per heavy atom. The van der Waals surface area contributed by atoms with E-state index in [9.17, 15) is 0 Å². The van der Waals surface area contributed by atoms with Crippen LogP contribution in [0.25, 0.3) is 0 Å². The van der Waals surface area contributed by atoms with E-state index in [1.807, 2.05) is 0 Å². The molecule has 0 N–H and O–H groups in total. The van der Waals surface area contributed by atoms with Gasteiger partial charge in [-0.05, 0) is 45.4 Å². The lowest BCUT2D eigenvalue weighted by atomic mass is 9.92. The predicted molar refractivity (Wildman–Crippen MR) is 61.9 cm³/mol. The van der Waals surface area contributed by atoms with E-state index in [2.05, 4.69) is 33.9 Å². The van der Waals surface area contributed by atoms with Gasteiger partial charge in [0.25, 0.3) is 0 Å². The zero-order valence-electron chi connectivity index (χ0n) is 9.53. The van der Waals surface area contributed by atoms with Gasteiger partial charge < -0.3 is 0 Å². The molecule has 0 aromatic heterocycles. The number of hydrogen-bond donors (Lipinski definition) is 0. The number of allylic oxidation sites excluding steroid dienone is 2. The fourth-order valence-electron chi connectivity index (χ4n) is 1.45. The summed E-state index contributed by atoms with van der Waals surface area (Å²) in [6, 6.07) is 0. The van der Waals surface area contributed by atoms with Gasteiger partial charge in [0.15, 0.2) is 0 Å². The number of rotatable bonds is 7. The van der Waals surface area contributed by atoms with Crippen LogP contribution in [0.3, 0.4) is 0 Å². The molecule has 0 nitrogen and oxygen atoms in total. The highest BCUT2D eigenvalue weighted by molar-refractivity contribution is 4.90. The molecule has 0 atom stereocenters. The van der Waals surface area contributed by atoms with Crippen LogP contribution in [-0.2, 0) is 0 Å². The Bertz CT molecular complexity index is 147. The van der Waals surface area contributed by atoms with E-state index in [1.54, 1.807) is 0 Å². The summed E-state index contributed by atoms with van der Waals surface area (Å²) in [6.45, 7) is 14.4. The third kappa shape index (κ3) is 7.83. The molecule has 0 rings (SSSR count). The van der Waals surface area contributed by atoms with E-state index in [0.29, 0.717) is 0 Å². The summed E-state index contributed by atoms with van der Waals surface area (Å²) < 4.78 is 0. The minimum atomic E-state index is 0.869. The molecule has 0 heteroatoms. The van der Waals surface area contributed by atoms with Crippen molar-refractivity contribution in [1.29, 1.82) is 0 Å². The van der Waals surface area contributed by atoms with Gasteiger partial charge in [-0.15, -0.1) is 13.2 Å². The van der Waals surface area contributed by atoms with Crippen molar-refractivity contribution in [3.05, 3.63) is 24.3 Å². The Hall–Kier alpha value is -0.520. The van der Waals surface area contributed by atoms with Crippen LogP contribution in [0.4, 0.5) is 0 Å². The third-order valence-corrected chi connectivity index (χ3v) is 2.54. The predicted octanol–water partition coefficient (Wildman–Crippen LogP) is 4.73. The molecular formula is C13H24. The summed E-state index contributed by atoms with van der Waals surface area (Å²) in [7, 11) is 0. The summed E-state index contributed by atoms with van der Waals surface area (Å²) in [6.07, 6.45) is 6.28. The van der Waals surface area contributed by atoms with Crippen molar-refractivity contribution in [2.75, 3.05) is 0 Å². The van der Waals surface area contributed by atoms with Crippen molar-refractivity contribution in [2.45, 2.75) is 52.9 Å². The highest BCUT2D eigenvalue weighted by Gasteiger charge is 2.05. The topological polar surface area (TPSA) is 0 Å². The molecule has 13 heavy (non-hydrogen) atoms. The van der Waals surface area contributed by atoms with Gasteiger partial charge in [0.05, 0.1) is 0 Å². The maximum absolute atomic E-state index is 3.94. The zero-order valence-corrected chi connectivity index (χ0v) is 9.53. The normalized spacial score (nSPS) is 10.5. The van der Waals surface area contributed by atoms with Crippen molar-refractivity contribution >= 4 is 0 Å². The second kappa shape index (κ2) is 6.94. The molecule has 0 radical (unpaired) electrons. The van der Waals surface area contributed by atoms with Crippen LogP contribution in [0, 0.1) is 5.92 Å². The monoisotopic (exact) mass is 180 g/mol. The molecule has 0 aromatic rings. The number of hydrogen-bond acceptors (Lipinski definition) is 0. The quantitative estimate of drug-likeness (QED) is 0.497. The first-order valence-electron chi connectivity index (χ1n) is 5.35. The summed E-state index contributed by atoms with van der Waals surface area (Å²) in [5.74, 6) is 0.869. The molecule has 0 spiro atoms. The molecule has 0 saturated carbocycles. The van der Waals surface area contributed by atoms with Crippen LogP contribution < -0.4 is 0 Å². The van der Waals surface area contributed by atoms with Gasteiger partial charge in [-0.25, -0.2) is 0 Å². The van der Waals surface area contributed by atoms with Crippen LogP contribution in [0.5, 0.6) is 0 Å². The molecule has 0 unspecified atom stereocenters. The van der Waals surface area contributed by atoms with E-state index in [-0.39, 0.29) is 0 Å². The first kappa shape index (κ1) is 12.5. The lowest BCUT2D eigenvalue weighted by molar-refractivity contribution is 0.436. The average Bonchev–Trinajstić information content (AvgIpc) is 2.04. The SMILES string of the molecule is C=C(C)CCC(CC)CCC(=C)C. The van der Waals surface area contributed by atoms with E-state index in [1.165, 1.54) is 43.3 Å². The minimum absolute atomic E-state index is 0.869. The van der Waals surface area contributed by atoms with Gasteiger partial charge in [0.2, 0.25) is 0 Å². The van der Waals surface area contributed by atoms with Crippen LogP contribution in [0.15, 0.2) is 24.3 Å². The fourth-order valence-corrected chi connectivity index (χ4v) is 1.45. The maximum atomic E-state index is 3.94. The molecule has 0 aromatic carbocycles. The largest absolute Gasteiger partial charge is 0.100 e. The average molecular weight is 180 g/mol. The van der Waals surface area contributed by atoms with Crippen molar-refractivity contribution in [1.82, 2.24) is 0 Å². The van der Waals surface area contributed by atoms with Gasteiger partial charge in [-0.1, -0.05) is 24.5 Å². The molecule has 0 aliphatic rings. The summed E-state index contributed by atoms with van der Waals surface area (Å²) >= 11 is 0. The second-order valence-corrected chi connectivity index (χ2v) is 4.27. The molecule has 0 aliphatic heterocycles. The Balaban J connectivity index is 3.63. The van der Waals surface area contributed by atoms with Crippen LogP contribution in [-0.4, -0.2) is 0 Å². The molecule has 0 aliphatic carbocycles. The zero-order chi connectivity index (χ0) is 10.3.